The SMILES string of the molecule is O=C(c1ccccc1OCC1CC1)N1CCCCCCCCCCCCCCCCCCCCCCCCCCCCCCCCCCCCCCCCCCCCCCCCC2(CC2)CC1CNc1ccc(Cl)cn1. The molecule has 5 rings (SSSR count). The zero-order valence-electron chi connectivity index (χ0n) is 49.7. The van der Waals surface area contributed by atoms with Crippen molar-refractivity contribution in [3.63, 3.8) is 0 Å². The van der Waals surface area contributed by atoms with Gasteiger partial charge in [-0.05, 0) is 80.5 Å². The van der Waals surface area contributed by atoms with E-state index in [4.69, 9.17) is 16.3 Å². The van der Waals surface area contributed by atoms with E-state index in [1.807, 2.05) is 36.4 Å². The van der Waals surface area contributed by atoms with Crippen LogP contribution in [0, 0.1) is 11.3 Å². The van der Waals surface area contributed by atoms with Gasteiger partial charge < -0.3 is 15.0 Å². The third kappa shape index (κ3) is 32.1. The minimum atomic E-state index is 0.0696. The minimum Gasteiger partial charge on any atom is -0.492 e. The van der Waals surface area contributed by atoms with Crippen LogP contribution in [-0.4, -0.2) is 41.5 Å². The quantitative estimate of drug-likeness (QED) is 0.300. The van der Waals surface area contributed by atoms with Gasteiger partial charge in [-0.2, -0.15) is 0 Å². The van der Waals surface area contributed by atoms with E-state index in [0.29, 0.717) is 29.5 Å². The van der Waals surface area contributed by atoms with Crippen molar-refractivity contribution in [2.75, 3.05) is 25.0 Å². The number of hydrogen-bond donors (Lipinski definition) is 1. The van der Waals surface area contributed by atoms with Crippen molar-refractivity contribution in [1.29, 1.82) is 0 Å². The summed E-state index contributed by atoms with van der Waals surface area (Å²) in [6, 6.07) is 12.0. The number of carbonyl (C=O) groups is 1. The molecule has 1 aliphatic heterocycles. The van der Waals surface area contributed by atoms with Crippen LogP contribution in [0.5, 0.6) is 5.75 Å². The molecule has 1 amide bonds. The first-order valence-corrected chi connectivity index (χ1v) is 34.4. The average Bonchev–Trinajstić information content (AvgIpc) is 4.39. The number of benzene rings is 1. The van der Waals surface area contributed by atoms with Gasteiger partial charge in [0.1, 0.15) is 11.6 Å². The normalized spacial score (nSPS) is 23.2. The number of anilines is 1. The smallest absolute Gasteiger partial charge is 0.257 e. The number of aromatic nitrogens is 1. The fraction of sp³-hybridized carbons (Fsp3) is 0.829. The zero-order valence-corrected chi connectivity index (χ0v) is 50.4. The Morgan fingerprint density at radius 1 is 0.487 bits per heavy atom. The third-order valence-electron chi connectivity index (χ3n) is 18.2. The predicted octanol–water partition coefficient (Wildman–Crippen LogP) is 23.0. The summed E-state index contributed by atoms with van der Waals surface area (Å²) in [5.41, 5.74) is 1.06. The highest BCUT2D eigenvalue weighted by Crippen LogP contribution is 2.54. The summed E-state index contributed by atoms with van der Waals surface area (Å²) in [4.78, 5) is 21.9. The van der Waals surface area contributed by atoms with Gasteiger partial charge in [0.25, 0.3) is 5.91 Å². The zero-order chi connectivity index (χ0) is 53.1. The Morgan fingerprint density at radius 3 is 1.21 bits per heavy atom. The first-order valence-electron chi connectivity index (χ1n) is 34.0. The van der Waals surface area contributed by atoms with E-state index in [9.17, 15) is 0 Å². The highest BCUT2D eigenvalue weighted by atomic mass is 35.5. The van der Waals surface area contributed by atoms with Crippen molar-refractivity contribution in [3.8, 4) is 5.75 Å². The number of nitrogens with zero attached hydrogens (tertiary/aromatic N) is 2. The van der Waals surface area contributed by atoms with E-state index in [1.165, 1.54) is 321 Å². The number of nitrogens with one attached hydrogen (secondary N) is 1. The largest absolute Gasteiger partial charge is 0.492 e. The summed E-state index contributed by atoms with van der Waals surface area (Å²) < 4.78 is 6.39. The molecule has 3 fully saturated rings. The second-order valence-corrected chi connectivity index (χ2v) is 25.8. The van der Waals surface area contributed by atoms with Crippen molar-refractivity contribution in [1.82, 2.24) is 9.88 Å². The topological polar surface area (TPSA) is 54.5 Å². The Balaban J connectivity index is 1.06. The van der Waals surface area contributed by atoms with Gasteiger partial charge in [0.15, 0.2) is 0 Å². The lowest BCUT2D eigenvalue weighted by Gasteiger charge is -2.35. The van der Waals surface area contributed by atoms with Crippen LogP contribution in [0.25, 0.3) is 0 Å². The van der Waals surface area contributed by atoms with E-state index in [0.717, 1.165) is 36.5 Å². The Bertz CT molecular complexity index is 1660. The third-order valence-corrected chi connectivity index (χ3v) is 18.4. The molecule has 434 valence electrons. The number of halogens is 1. The van der Waals surface area contributed by atoms with Crippen molar-refractivity contribution < 1.29 is 9.53 Å². The second-order valence-electron chi connectivity index (χ2n) is 25.4. The molecular weight excluding hydrogens is 950 g/mol. The highest BCUT2D eigenvalue weighted by molar-refractivity contribution is 6.30. The molecule has 1 atom stereocenters. The van der Waals surface area contributed by atoms with Gasteiger partial charge >= 0.3 is 0 Å². The molecule has 2 aromatic rings. The van der Waals surface area contributed by atoms with Crippen molar-refractivity contribution in [3.05, 3.63) is 53.2 Å². The number of amides is 1. The van der Waals surface area contributed by atoms with Gasteiger partial charge in [-0.1, -0.05) is 313 Å². The van der Waals surface area contributed by atoms with Gasteiger partial charge in [0, 0.05) is 25.3 Å². The Morgan fingerprint density at radius 2 is 0.855 bits per heavy atom. The Kier molecular flexibility index (Phi) is 37.0. The van der Waals surface area contributed by atoms with Crippen LogP contribution in [-0.2, 0) is 0 Å². The molecule has 1 aromatic heterocycles. The standard InChI is InChI=1S/C70H120ClN3O2/c71-64-53-54-68(72-60-64)73-61-65-59-70(56-57-70)55-47-43-41-39-37-35-33-31-29-27-25-23-21-19-17-15-13-11-9-7-5-3-1-2-4-6-8-10-12-14-16-18-20-22-24-26-28-30-32-34-36-38-40-42-44-48-58-74(65)69(75)66-49-45-46-50-67(66)76-62-63-51-52-63/h45-46,49-50,53-54,60,63,65H,1-44,47-48,51-52,55-59,61-62H2,(H,72,73). The van der Waals surface area contributed by atoms with Gasteiger partial charge in [-0.15, -0.1) is 0 Å². The molecule has 1 spiro atoms. The fourth-order valence-corrected chi connectivity index (χ4v) is 12.8. The Hall–Kier alpha value is -2.27. The minimum absolute atomic E-state index is 0.0696. The van der Waals surface area contributed by atoms with Crippen LogP contribution in [0.3, 0.4) is 0 Å². The number of pyridine rings is 1. The van der Waals surface area contributed by atoms with Crippen LogP contribution in [0.2, 0.25) is 5.02 Å². The number of rotatable bonds is 7. The summed E-state index contributed by atoms with van der Waals surface area (Å²) in [5.74, 6) is 2.34. The van der Waals surface area contributed by atoms with Crippen LogP contribution in [0.4, 0.5) is 5.82 Å². The van der Waals surface area contributed by atoms with Crippen molar-refractivity contribution in [2.24, 2.45) is 11.3 Å². The van der Waals surface area contributed by atoms with Crippen LogP contribution in [0.15, 0.2) is 42.6 Å². The predicted molar refractivity (Wildman–Crippen MR) is 331 cm³/mol. The lowest BCUT2D eigenvalue weighted by Crippen LogP contribution is -2.46. The Labute approximate surface area is 475 Å². The second kappa shape index (κ2) is 43.5. The molecule has 1 aromatic carbocycles. The molecule has 0 bridgehead atoms. The lowest BCUT2D eigenvalue weighted by molar-refractivity contribution is 0.0644. The van der Waals surface area contributed by atoms with Crippen LogP contribution < -0.4 is 10.1 Å². The van der Waals surface area contributed by atoms with E-state index in [-0.39, 0.29) is 11.9 Å². The van der Waals surface area contributed by atoms with Crippen molar-refractivity contribution >= 4 is 23.3 Å². The van der Waals surface area contributed by atoms with Crippen LogP contribution >= 0.6 is 11.6 Å². The molecular formula is C70H120ClN3O2. The van der Waals surface area contributed by atoms with Gasteiger partial charge in [-0.3, -0.25) is 4.79 Å². The molecule has 0 radical (unpaired) electrons. The number of carbonyl (C=O) groups excluding carboxylic acids is 1. The monoisotopic (exact) mass is 1070 g/mol. The van der Waals surface area contributed by atoms with Gasteiger partial charge in [-0.25, -0.2) is 4.98 Å². The fourth-order valence-electron chi connectivity index (χ4n) is 12.7. The summed E-state index contributed by atoms with van der Waals surface area (Å²) in [7, 11) is 0. The molecule has 2 aliphatic carbocycles. The molecule has 3 aliphatic rings. The first-order chi connectivity index (χ1) is 37.6. The molecule has 6 heteroatoms. The average molecular weight is 1070 g/mol. The molecule has 1 N–H and O–H groups in total. The van der Waals surface area contributed by atoms with E-state index < -0.39 is 0 Å². The molecule has 76 heavy (non-hydrogen) atoms. The molecule has 5 nitrogen and oxygen atoms in total. The summed E-state index contributed by atoms with van der Waals surface area (Å²) in [6.45, 7) is 2.18. The maximum absolute atomic E-state index is 15.0. The maximum Gasteiger partial charge on any atom is 0.257 e. The number of hydrogen-bond acceptors (Lipinski definition) is 4. The summed E-state index contributed by atoms with van der Waals surface area (Å²) in [5, 5.41) is 4.32. The number of ether oxygens (including phenoxy) is 1. The molecule has 1 unspecified atom stereocenters. The summed E-state index contributed by atoms with van der Waals surface area (Å²) >= 11 is 6.27. The molecule has 2 heterocycles. The molecule has 1 saturated heterocycles. The first kappa shape index (κ1) is 64.5. The number of para-hydroxylation sites is 1. The van der Waals surface area contributed by atoms with E-state index >= 15 is 4.79 Å². The van der Waals surface area contributed by atoms with Gasteiger partial charge in [0.05, 0.1) is 17.2 Å². The highest BCUT2D eigenvalue weighted by Gasteiger charge is 2.45. The summed E-state index contributed by atoms with van der Waals surface area (Å²) in [6.07, 6.45) is 74.4. The van der Waals surface area contributed by atoms with Gasteiger partial charge in [0.2, 0.25) is 0 Å². The van der Waals surface area contributed by atoms with E-state index in [2.05, 4.69) is 15.2 Å². The van der Waals surface area contributed by atoms with Crippen LogP contribution in [0.1, 0.15) is 344 Å². The lowest BCUT2D eigenvalue weighted by atomic mass is 9.89. The van der Waals surface area contributed by atoms with Crippen molar-refractivity contribution in [2.45, 2.75) is 340 Å². The maximum atomic E-state index is 15.0. The van der Waals surface area contributed by atoms with E-state index in [1.54, 1.807) is 6.20 Å². The molecule has 2 saturated carbocycles.